The highest BCUT2D eigenvalue weighted by atomic mass is 32.2. The van der Waals surface area contributed by atoms with Crippen LogP contribution in [0.5, 0.6) is 0 Å². The Morgan fingerprint density at radius 1 is 1.50 bits per heavy atom. The van der Waals surface area contributed by atoms with Crippen molar-refractivity contribution in [2.75, 3.05) is 13.3 Å². The van der Waals surface area contributed by atoms with Gasteiger partial charge in [-0.2, -0.15) is 0 Å². The number of rotatable bonds is 2. The average molecular weight is 135 g/mol. The fraction of sp³-hybridized carbons (Fsp3) is 0.500. The summed E-state index contributed by atoms with van der Waals surface area (Å²) >= 11 is 0. The first-order valence-corrected chi connectivity index (χ1v) is 4.05. The third kappa shape index (κ3) is 5.49. The van der Waals surface area contributed by atoms with Gasteiger partial charge in [-0.3, -0.25) is 0 Å². The second-order valence-electron chi connectivity index (χ2n) is 1.42. The smallest absolute Gasteiger partial charge is 0.170 e. The van der Waals surface area contributed by atoms with Crippen LogP contribution in [-0.2, 0) is 9.84 Å². The molecule has 3 nitrogen and oxygen atoms in total. The molecule has 0 amide bonds. The van der Waals surface area contributed by atoms with E-state index >= 15 is 0 Å². The normalized spacial score (nSPS) is 12.2. The minimum absolute atomic E-state index is 1.10. The minimum Gasteiger partial charge on any atom is -0.393 e. The van der Waals surface area contributed by atoms with Gasteiger partial charge in [0.15, 0.2) is 9.84 Å². The maximum Gasteiger partial charge on any atom is 0.170 e. The molecule has 0 saturated heterocycles. The van der Waals surface area contributed by atoms with Crippen LogP contribution in [0.1, 0.15) is 0 Å². The third-order valence-electron chi connectivity index (χ3n) is 0.482. The van der Waals surface area contributed by atoms with Gasteiger partial charge in [-0.15, -0.1) is 0 Å². The number of hydrogen-bond donors (Lipinski definition) is 1. The fourth-order valence-electron chi connectivity index (χ4n) is 0.192. The summed E-state index contributed by atoms with van der Waals surface area (Å²) in [7, 11) is -1.29. The summed E-state index contributed by atoms with van der Waals surface area (Å²) in [6.07, 6.45) is 2.51. The van der Waals surface area contributed by atoms with Crippen LogP contribution in [0, 0.1) is 0 Å². The molecule has 0 aromatic carbocycles. The quantitative estimate of drug-likeness (QED) is 0.566. The first-order valence-electron chi connectivity index (χ1n) is 2.10. The zero-order chi connectivity index (χ0) is 6.62. The van der Waals surface area contributed by atoms with Gasteiger partial charge < -0.3 is 5.32 Å². The van der Waals surface area contributed by atoms with E-state index in [9.17, 15) is 8.42 Å². The molecule has 0 heterocycles. The maximum atomic E-state index is 10.3. The van der Waals surface area contributed by atoms with Crippen LogP contribution in [0.2, 0.25) is 0 Å². The molecular weight excluding hydrogens is 126 g/mol. The summed E-state index contributed by atoms with van der Waals surface area (Å²) in [4.78, 5) is 0. The Labute approximate surface area is 49.3 Å². The van der Waals surface area contributed by atoms with Gasteiger partial charge in [0.1, 0.15) is 0 Å². The third-order valence-corrected chi connectivity index (χ3v) is 1.11. The lowest BCUT2D eigenvalue weighted by molar-refractivity contribution is 0.610. The van der Waals surface area contributed by atoms with Crippen molar-refractivity contribution in [1.82, 2.24) is 5.32 Å². The minimum atomic E-state index is -2.93. The first kappa shape index (κ1) is 7.49. The highest BCUT2D eigenvalue weighted by Crippen LogP contribution is 1.80. The molecule has 0 aliphatic carbocycles. The molecule has 1 N–H and O–H groups in total. The van der Waals surface area contributed by atoms with Crippen LogP contribution in [0.15, 0.2) is 11.6 Å². The lowest BCUT2D eigenvalue weighted by Gasteiger charge is -1.83. The second-order valence-corrected chi connectivity index (χ2v) is 3.35. The van der Waals surface area contributed by atoms with E-state index in [2.05, 4.69) is 5.32 Å². The molecule has 0 aromatic rings. The lowest BCUT2D eigenvalue weighted by atomic mass is 11.0. The van der Waals surface area contributed by atoms with Gasteiger partial charge >= 0.3 is 0 Å². The van der Waals surface area contributed by atoms with E-state index in [4.69, 9.17) is 0 Å². The Morgan fingerprint density at radius 3 is 2.12 bits per heavy atom. The Morgan fingerprint density at radius 2 is 2.00 bits per heavy atom. The highest BCUT2D eigenvalue weighted by Gasteiger charge is 1.88. The highest BCUT2D eigenvalue weighted by molar-refractivity contribution is 7.93. The second kappa shape index (κ2) is 2.71. The predicted molar refractivity (Wildman–Crippen MR) is 33.0 cm³/mol. The maximum absolute atomic E-state index is 10.3. The van der Waals surface area contributed by atoms with Gasteiger partial charge in [-0.25, -0.2) is 8.42 Å². The summed E-state index contributed by atoms with van der Waals surface area (Å²) < 4.78 is 20.5. The summed E-state index contributed by atoms with van der Waals surface area (Å²) in [5, 5.41) is 3.67. The van der Waals surface area contributed by atoms with E-state index in [1.165, 1.54) is 6.20 Å². The molecule has 0 radical (unpaired) electrons. The summed E-state index contributed by atoms with van der Waals surface area (Å²) in [5.74, 6) is 0. The molecule has 4 heteroatoms. The van der Waals surface area contributed by atoms with E-state index < -0.39 is 9.84 Å². The molecule has 8 heavy (non-hydrogen) atoms. The van der Waals surface area contributed by atoms with E-state index in [-0.39, 0.29) is 0 Å². The van der Waals surface area contributed by atoms with Crippen LogP contribution in [0.25, 0.3) is 0 Å². The van der Waals surface area contributed by atoms with Crippen molar-refractivity contribution in [3.63, 3.8) is 0 Å². The van der Waals surface area contributed by atoms with E-state index in [1.807, 2.05) is 0 Å². The standard InChI is InChI=1S/C4H9NO2S/c1-5-3-4-8(2,6)7/h3-5H,1-2H3/b4-3+. The number of nitrogens with one attached hydrogen (secondary N) is 1. The van der Waals surface area contributed by atoms with E-state index in [1.54, 1.807) is 7.05 Å². The zero-order valence-corrected chi connectivity index (χ0v) is 5.70. The molecule has 0 saturated carbocycles. The molecular formula is C4H9NO2S. The van der Waals surface area contributed by atoms with Crippen LogP contribution < -0.4 is 5.32 Å². The summed E-state index contributed by atoms with van der Waals surface area (Å²) in [6.45, 7) is 0. The zero-order valence-electron chi connectivity index (χ0n) is 4.88. The predicted octanol–water partition coefficient (Wildman–Crippen LogP) is -0.278. The molecule has 0 spiro atoms. The van der Waals surface area contributed by atoms with Gasteiger partial charge in [0.2, 0.25) is 0 Å². The Hall–Kier alpha value is -0.510. The first-order chi connectivity index (χ1) is 3.56. The van der Waals surface area contributed by atoms with Crippen molar-refractivity contribution >= 4 is 9.84 Å². The molecule has 0 aliphatic heterocycles. The molecule has 0 aromatic heterocycles. The molecule has 48 valence electrons. The van der Waals surface area contributed by atoms with Crippen molar-refractivity contribution in [1.29, 1.82) is 0 Å². The molecule has 0 bridgehead atoms. The average Bonchev–Trinajstić information content (AvgIpc) is 1.59. The Balaban J connectivity index is 3.92. The Kier molecular flexibility index (Phi) is 2.54. The van der Waals surface area contributed by atoms with Crippen LogP contribution in [0.4, 0.5) is 0 Å². The van der Waals surface area contributed by atoms with E-state index in [0.717, 1.165) is 11.7 Å². The van der Waals surface area contributed by atoms with Crippen molar-refractivity contribution in [3.8, 4) is 0 Å². The van der Waals surface area contributed by atoms with Crippen molar-refractivity contribution in [3.05, 3.63) is 11.6 Å². The molecule has 0 fully saturated rings. The number of sulfone groups is 1. The fourth-order valence-corrected chi connectivity index (χ4v) is 0.575. The molecule has 0 atom stereocenters. The van der Waals surface area contributed by atoms with Gasteiger partial charge in [-0.05, 0) is 0 Å². The van der Waals surface area contributed by atoms with Gasteiger partial charge in [0.25, 0.3) is 0 Å². The lowest BCUT2D eigenvalue weighted by Crippen LogP contribution is -1.95. The summed E-state index contributed by atoms with van der Waals surface area (Å²) in [5.41, 5.74) is 0. The number of hydrogen-bond acceptors (Lipinski definition) is 3. The topological polar surface area (TPSA) is 46.2 Å². The molecule has 0 rings (SSSR count). The SMILES string of the molecule is CN/C=C/S(C)(=O)=O. The monoisotopic (exact) mass is 135 g/mol. The van der Waals surface area contributed by atoms with Gasteiger partial charge in [-0.1, -0.05) is 0 Å². The van der Waals surface area contributed by atoms with E-state index in [0.29, 0.717) is 0 Å². The van der Waals surface area contributed by atoms with Crippen LogP contribution in [-0.4, -0.2) is 21.7 Å². The summed E-state index contributed by atoms with van der Waals surface area (Å²) in [6, 6.07) is 0. The van der Waals surface area contributed by atoms with Crippen molar-refractivity contribution in [2.24, 2.45) is 0 Å². The van der Waals surface area contributed by atoms with Crippen molar-refractivity contribution < 1.29 is 8.42 Å². The van der Waals surface area contributed by atoms with Crippen molar-refractivity contribution in [2.45, 2.75) is 0 Å². The molecule has 0 unspecified atom stereocenters. The van der Waals surface area contributed by atoms with Gasteiger partial charge in [0.05, 0.1) is 0 Å². The molecule has 0 aliphatic rings. The van der Waals surface area contributed by atoms with Crippen LogP contribution >= 0.6 is 0 Å². The Bertz CT molecular complexity index is 168. The largest absolute Gasteiger partial charge is 0.393 e. The van der Waals surface area contributed by atoms with Crippen LogP contribution in [0.3, 0.4) is 0 Å². The van der Waals surface area contributed by atoms with Gasteiger partial charge in [0, 0.05) is 24.9 Å².